The zero-order chi connectivity index (χ0) is 9.26. The van der Waals surface area contributed by atoms with Gasteiger partial charge in [0.1, 0.15) is 5.82 Å². The molecule has 68 valence electrons. The van der Waals surface area contributed by atoms with E-state index in [1.165, 1.54) is 6.20 Å². The van der Waals surface area contributed by atoms with E-state index in [1.807, 2.05) is 0 Å². The number of carboxylic acids is 1. The fourth-order valence-electron chi connectivity index (χ4n) is 1.57. The Labute approximate surface area is 75.6 Å². The lowest BCUT2D eigenvalue weighted by Gasteiger charge is -2.17. The Balaban J connectivity index is 2.52. The molecule has 0 aliphatic carbocycles. The van der Waals surface area contributed by atoms with Crippen molar-refractivity contribution >= 4 is 11.8 Å². The van der Waals surface area contributed by atoms with Crippen LogP contribution in [0.2, 0.25) is 0 Å². The van der Waals surface area contributed by atoms with Gasteiger partial charge in [-0.05, 0) is 18.9 Å². The van der Waals surface area contributed by atoms with Crippen LogP contribution in [0.3, 0.4) is 0 Å². The van der Waals surface area contributed by atoms with Crippen molar-refractivity contribution < 1.29 is 9.90 Å². The topological polar surface area (TPSA) is 62.2 Å². The molecule has 0 radical (unpaired) electrons. The summed E-state index contributed by atoms with van der Waals surface area (Å²) >= 11 is 0. The minimum Gasteiger partial charge on any atom is -0.478 e. The van der Waals surface area contributed by atoms with E-state index in [1.54, 1.807) is 6.07 Å². The van der Waals surface area contributed by atoms with E-state index in [0.29, 0.717) is 5.56 Å². The molecule has 0 atom stereocenters. The molecule has 4 heteroatoms. The van der Waals surface area contributed by atoms with Gasteiger partial charge in [-0.2, -0.15) is 0 Å². The minimum absolute atomic E-state index is 0.372. The maximum Gasteiger partial charge on any atom is 0.336 e. The van der Waals surface area contributed by atoms with Crippen molar-refractivity contribution in [1.82, 2.24) is 4.98 Å². The minimum atomic E-state index is -0.873. The summed E-state index contributed by atoms with van der Waals surface area (Å²) in [7, 11) is 0. The first kappa shape index (κ1) is 8.04. The second-order valence-electron chi connectivity index (χ2n) is 3.02. The Morgan fingerprint density at radius 3 is 3.23 bits per heavy atom. The number of carboxylic acid groups (broad SMARTS) is 1. The molecule has 2 heterocycles. The van der Waals surface area contributed by atoms with Crippen molar-refractivity contribution in [2.24, 2.45) is 0 Å². The number of aromatic nitrogens is 1. The van der Waals surface area contributed by atoms with Crippen LogP contribution >= 0.6 is 0 Å². The summed E-state index contributed by atoms with van der Waals surface area (Å²) in [5.41, 5.74) is 1.21. The van der Waals surface area contributed by atoms with Gasteiger partial charge in [-0.1, -0.05) is 0 Å². The molecule has 13 heavy (non-hydrogen) atoms. The van der Waals surface area contributed by atoms with E-state index in [-0.39, 0.29) is 0 Å². The van der Waals surface area contributed by atoms with Crippen molar-refractivity contribution in [3.63, 3.8) is 0 Å². The predicted molar refractivity (Wildman–Crippen MR) is 48.0 cm³/mol. The number of rotatable bonds is 1. The van der Waals surface area contributed by atoms with Gasteiger partial charge < -0.3 is 10.4 Å². The van der Waals surface area contributed by atoms with Gasteiger partial charge in [-0.3, -0.25) is 0 Å². The third-order valence-corrected chi connectivity index (χ3v) is 2.18. The van der Waals surface area contributed by atoms with E-state index < -0.39 is 5.97 Å². The van der Waals surface area contributed by atoms with Crippen LogP contribution in [0.15, 0.2) is 12.3 Å². The predicted octanol–water partition coefficient (Wildman–Crippen LogP) is 1.14. The first-order valence-corrected chi connectivity index (χ1v) is 4.24. The van der Waals surface area contributed by atoms with E-state index in [4.69, 9.17) is 5.11 Å². The Kier molecular flexibility index (Phi) is 1.88. The Morgan fingerprint density at radius 2 is 2.46 bits per heavy atom. The highest BCUT2D eigenvalue weighted by Gasteiger charge is 2.17. The summed E-state index contributed by atoms with van der Waals surface area (Å²) in [4.78, 5) is 14.9. The van der Waals surface area contributed by atoms with Crippen LogP contribution in [0.1, 0.15) is 22.3 Å². The fraction of sp³-hybridized carbons (Fsp3) is 0.333. The number of anilines is 1. The molecule has 0 fully saturated rings. The summed E-state index contributed by atoms with van der Waals surface area (Å²) in [6, 6.07) is 1.55. The lowest BCUT2D eigenvalue weighted by molar-refractivity contribution is 0.0695. The van der Waals surface area contributed by atoms with E-state index in [9.17, 15) is 4.79 Å². The summed E-state index contributed by atoms with van der Waals surface area (Å²) < 4.78 is 0. The van der Waals surface area contributed by atoms with Gasteiger partial charge in [0.25, 0.3) is 0 Å². The lowest BCUT2D eigenvalue weighted by atomic mass is 10.0. The fourth-order valence-corrected chi connectivity index (χ4v) is 1.57. The molecule has 1 aromatic heterocycles. The van der Waals surface area contributed by atoms with Gasteiger partial charge in [-0.15, -0.1) is 0 Å². The van der Waals surface area contributed by atoms with Gasteiger partial charge in [0, 0.05) is 18.3 Å². The summed E-state index contributed by atoms with van der Waals surface area (Å²) in [6.45, 7) is 0.878. The molecule has 4 nitrogen and oxygen atoms in total. The van der Waals surface area contributed by atoms with E-state index >= 15 is 0 Å². The molecule has 2 rings (SSSR count). The monoisotopic (exact) mass is 178 g/mol. The molecule has 1 aliphatic rings. The first-order valence-electron chi connectivity index (χ1n) is 4.24. The molecule has 0 saturated carbocycles. The van der Waals surface area contributed by atoms with Crippen LogP contribution in [0, 0.1) is 0 Å². The van der Waals surface area contributed by atoms with E-state index in [2.05, 4.69) is 10.3 Å². The van der Waals surface area contributed by atoms with Gasteiger partial charge >= 0.3 is 5.97 Å². The van der Waals surface area contributed by atoms with Crippen molar-refractivity contribution in [2.45, 2.75) is 12.8 Å². The molecule has 2 N–H and O–H groups in total. The van der Waals surface area contributed by atoms with Gasteiger partial charge in [-0.25, -0.2) is 9.78 Å². The average molecular weight is 178 g/mol. The molecule has 0 bridgehead atoms. The Hall–Kier alpha value is -1.58. The van der Waals surface area contributed by atoms with Crippen LogP contribution < -0.4 is 5.32 Å². The first-order chi connectivity index (χ1) is 6.29. The maximum atomic E-state index is 10.8. The molecular weight excluding hydrogens is 168 g/mol. The van der Waals surface area contributed by atoms with Crippen LogP contribution in [0.25, 0.3) is 0 Å². The second-order valence-corrected chi connectivity index (χ2v) is 3.02. The van der Waals surface area contributed by atoms with Crippen molar-refractivity contribution in [1.29, 1.82) is 0 Å². The summed E-state index contributed by atoms with van der Waals surface area (Å²) in [6.07, 6.45) is 3.30. The smallest absolute Gasteiger partial charge is 0.336 e. The Bertz CT molecular complexity index is 349. The molecule has 0 spiro atoms. The average Bonchev–Trinajstić information content (AvgIpc) is 2.17. The van der Waals surface area contributed by atoms with Crippen LogP contribution in [-0.4, -0.2) is 22.6 Å². The lowest BCUT2D eigenvalue weighted by Crippen LogP contribution is -2.16. The van der Waals surface area contributed by atoms with Gasteiger partial charge in [0.2, 0.25) is 0 Å². The quantitative estimate of drug-likeness (QED) is 0.676. The highest BCUT2D eigenvalue weighted by molar-refractivity contribution is 5.90. The van der Waals surface area contributed by atoms with Crippen LogP contribution in [0.4, 0.5) is 5.82 Å². The highest BCUT2D eigenvalue weighted by atomic mass is 16.4. The largest absolute Gasteiger partial charge is 0.478 e. The van der Waals surface area contributed by atoms with E-state index in [0.717, 1.165) is 30.8 Å². The highest BCUT2D eigenvalue weighted by Crippen LogP contribution is 2.22. The molecular formula is C9H10N2O2. The van der Waals surface area contributed by atoms with Crippen LogP contribution in [-0.2, 0) is 6.42 Å². The maximum absolute atomic E-state index is 10.8. The number of nitrogens with one attached hydrogen (secondary N) is 1. The molecule has 0 saturated heterocycles. The zero-order valence-electron chi connectivity index (χ0n) is 7.08. The molecule has 0 unspecified atom stereocenters. The number of hydrogen-bond donors (Lipinski definition) is 2. The molecule has 1 aromatic rings. The molecule has 0 aromatic carbocycles. The third kappa shape index (κ3) is 1.35. The number of carbonyl (C=O) groups is 1. The van der Waals surface area contributed by atoms with Crippen LogP contribution in [0.5, 0.6) is 0 Å². The number of aromatic carboxylic acids is 1. The summed E-state index contributed by atoms with van der Waals surface area (Å²) in [5, 5.41) is 12.0. The number of nitrogens with zero attached hydrogens (tertiary/aromatic N) is 1. The van der Waals surface area contributed by atoms with Gasteiger partial charge in [0.05, 0.1) is 5.56 Å². The molecule has 1 aliphatic heterocycles. The van der Waals surface area contributed by atoms with Gasteiger partial charge in [0.15, 0.2) is 0 Å². The van der Waals surface area contributed by atoms with Crippen molar-refractivity contribution in [2.75, 3.05) is 11.9 Å². The Morgan fingerprint density at radius 1 is 1.62 bits per heavy atom. The zero-order valence-corrected chi connectivity index (χ0v) is 7.08. The number of pyridine rings is 1. The number of fused-ring (bicyclic) bond motifs is 1. The third-order valence-electron chi connectivity index (χ3n) is 2.18. The SMILES string of the molecule is O=C(O)c1ccnc2c1CCCN2. The van der Waals surface area contributed by atoms with Crippen molar-refractivity contribution in [3.8, 4) is 0 Å². The number of hydrogen-bond acceptors (Lipinski definition) is 3. The standard InChI is InChI=1S/C9H10N2O2/c12-9(13)7-3-5-11-8-6(7)2-1-4-10-8/h3,5H,1-2,4H2,(H,10,11)(H,12,13). The molecule has 0 amide bonds. The van der Waals surface area contributed by atoms with Crippen molar-refractivity contribution in [3.05, 3.63) is 23.4 Å². The second kappa shape index (κ2) is 3.05. The summed E-state index contributed by atoms with van der Waals surface area (Å²) in [5.74, 6) is -0.145. The normalized spacial score (nSPS) is 14.5.